The Morgan fingerprint density at radius 1 is 1.45 bits per heavy atom. The second-order valence-electron chi connectivity index (χ2n) is 2.06. The highest BCUT2D eigenvalue weighted by Crippen LogP contribution is 2.14. The summed E-state index contributed by atoms with van der Waals surface area (Å²) in [6.07, 6.45) is -5.45. The quantitative estimate of drug-likeness (QED) is 0.594. The average Bonchev–Trinajstić information content (AvgIpc) is 1.80. The van der Waals surface area contributed by atoms with Crippen molar-refractivity contribution in [2.45, 2.75) is 6.18 Å². The summed E-state index contributed by atoms with van der Waals surface area (Å²) >= 11 is 0. The Kier molecular flexibility index (Phi) is 3.16. The first kappa shape index (κ1) is 10.1. The Hall–Kier alpha value is -0.940. The molecule has 0 rings (SSSR count). The first-order chi connectivity index (χ1) is 4.83. The van der Waals surface area contributed by atoms with Gasteiger partial charge < -0.3 is 9.64 Å². The normalized spacial score (nSPS) is 11.0. The zero-order chi connectivity index (χ0) is 9.07. The maximum atomic E-state index is 11.4. The molecule has 0 aliphatic rings. The molecule has 0 saturated heterocycles. The van der Waals surface area contributed by atoms with Crippen LogP contribution >= 0.6 is 0 Å². The Morgan fingerprint density at radius 2 is 1.91 bits per heavy atom. The second-order valence-corrected chi connectivity index (χ2v) is 2.06. The van der Waals surface area contributed by atoms with Gasteiger partial charge in [-0.25, -0.2) is 4.79 Å². The fraction of sp³-hybridized carbons (Fsp3) is 0.800. The number of carbonyl (C=O) groups is 1. The van der Waals surface area contributed by atoms with E-state index in [0.29, 0.717) is 0 Å². The van der Waals surface area contributed by atoms with Crippen molar-refractivity contribution in [1.29, 1.82) is 0 Å². The molecule has 0 saturated carbocycles. The lowest BCUT2D eigenvalue weighted by molar-refractivity contribution is -0.161. The minimum Gasteiger partial charge on any atom is -0.440 e. The van der Waals surface area contributed by atoms with E-state index in [1.165, 1.54) is 14.1 Å². The summed E-state index contributed by atoms with van der Waals surface area (Å²) in [7, 11) is 2.61. The first-order valence-corrected chi connectivity index (χ1v) is 2.74. The monoisotopic (exact) mass is 171 g/mol. The Labute approximate surface area is 61.7 Å². The lowest BCUT2D eigenvalue weighted by atomic mass is 10.7. The zero-order valence-electron chi connectivity index (χ0n) is 6.10. The maximum Gasteiger partial charge on any atom is 0.422 e. The molecule has 0 N–H and O–H groups in total. The molecule has 0 spiro atoms. The standard InChI is InChI=1S/C5H8F3NO2/c1-9(2)4(10)11-3-5(6,7)8/h3H2,1-2H3. The van der Waals surface area contributed by atoms with Crippen LogP contribution in [0.2, 0.25) is 0 Å². The smallest absolute Gasteiger partial charge is 0.422 e. The van der Waals surface area contributed by atoms with Crippen LogP contribution in [0.4, 0.5) is 18.0 Å². The largest absolute Gasteiger partial charge is 0.440 e. The highest BCUT2D eigenvalue weighted by Gasteiger charge is 2.29. The van der Waals surface area contributed by atoms with Crippen LogP contribution in [0.25, 0.3) is 0 Å². The number of rotatable bonds is 1. The predicted molar refractivity (Wildman–Crippen MR) is 31.1 cm³/mol. The molecule has 0 heterocycles. The molecule has 0 aliphatic heterocycles. The number of hydrogen-bond donors (Lipinski definition) is 0. The van der Waals surface area contributed by atoms with Gasteiger partial charge in [-0.3, -0.25) is 0 Å². The highest BCUT2D eigenvalue weighted by atomic mass is 19.4. The van der Waals surface area contributed by atoms with Gasteiger partial charge in [0.15, 0.2) is 6.61 Å². The fourth-order valence-electron chi connectivity index (χ4n) is 0.273. The van der Waals surface area contributed by atoms with Gasteiger partial charge in [0.05, 0.1) is 0 Å². The fourth-order valence-corrected chi connectivity index (χ4v) is 0.273. The van der Waals surface area contributed by atoms with Crippen LogP contribution in [0.5, 0.6) is 0 Å². The molecule has 0 atom stereocenters. The summed E-state index contributed by atoms with van der Waals surface area (Å²) in [5.74, 6) is 0. The number of amides is 1. The van der Waals surface area contributed by atoms with Gasteiger partial charge in [-0.2, -0.15) is 13.2 Å². The lowest BCUT2D eigenvalue weighted by Gasteiger charge is -2.11. The van der Waals surface area contributed by atoms with Crippen molar-refractivity contribution < 1.29 is 22.7 Å². The maximum absolute atomic E-state index is 11.4. The van der Waals surface area contributed by atoms with Crippen LogP contribution in [-0.2, 0) is 4.74 Å². The van der Waals surface area contributed by atoms with Crippen LogP contribution in [0, 0.1) is 0 Å². The van der Waals surface area contributed by atoms with Gasteiger partial charge in [-0.15, -0.1) is 0 Å². The summed E-state index contributed by atoms with van der Waals surface area (Å²) in [5.41, 5.74) is 0. The Balaban J connectivity index is 3.64. The number of carbonyl (C=O) groups excluding carboxylic acids is 1. The van der Waals surface area contributed by atoms with E-state index < -0.39 is 18.9 Å². The van der Waals surface area contributed by atoms with Gasteiger partial charge in [0.2, 0.25) is 0 Å². The summed E-state index contributed by atoms with van der Waals surface area (Å²) in [6, 6.07) is 0. The van der Waals surface area contributed by atoms with Crippen LogP contribution < -0.4 is 0 Å². The van der Waals surface area contributed by atoms with E-state index in [9.17, 15) is 18.0 Å². The van der Waals surface area contributed by atoms with E-state index in [1.54, 1.807) is 0 Å². The Morgan fingerprint density at radius 3 is 2.18 bits per heavy atom. The molecule has 1 amide bonds. The van der Waals surface area contributed by atoms with Crippen molar-refractivity contribution in [3.05, 3.63) is 0 Å². The van der Waals surface area contributed by atoms with Crippen molar-refractivity contribution in [1.82, 2.24) is 4.90 Å². The molecular formula is C5H8F3NO2. The molecular weight excluding hydrogens is 163 g/mol. The Bertz CT molecular complexity index is 143. The summed E-state index contributed by atoms with van der Waals surface area (Å²) in [6.45, 7) is -1.54. The zero-order valence-corrected chi connectivity index (χ0v) is 6.10. The van der Waals surface area contributed by atoms with Gasteiger partial charge in [0, 0.05) is 14.1 Å². The highest BCUT2D eigenvalue weighted by molar-refractivity contribution is 5.66. The van der Waals surface area contributed by atoms with Gasteiger partial charge in [0.25, 0.3) is 0 Å². The molecule has 0 aromatic rings. The molecule has 0 radical (unpaired) electrons. The van der Waals surface area contributed by atoms with Gasteiger partial charge >= 0.3 is 12.3 Å². The van der Waals surface area contributed by atoms with Crippen LogP contribution in [-0.4, -0.2) is 37.9 Å². The third-order valence-electron chi connectivity index (χ3n) is 0.724. The third kappa shape index (κ3) is 5.50. The van der Waals surface area contributed by atoms with Crippen molar-refractivity contribution in [2.75, 3.05) is 20.7 Å². The molecule has 0 aromatic heterocycles. The minimum atomic E-state index is -4.45. The van der Waals surface area contributed by atoms with Crippen molar-refractivity contribution in [3.8, 4) is 0 Å². The van der Waals surface area contributed by atoms with Gasteiger partial charge in [-0.05, 0) is 0 Å². The van der Waals surface area contributed by atoms with E-state index in [1.807, 2.05) is 0 Å². The summed E-state index contributed by atoms with van der Waals surface area (Å²) in [5, 5.41) is 0. The number of alkyl halides is 3. The second kappa shape index (κ2) is 3.45. The van der Waals surface area contributed by atoms with E-state index in [-0.39, 0.29) is 0 Å². The molecule has 66 valence electrons. The van der Waals surface area contributed by atoms with Crippen LogP contribution in [0.15, 0.2) is 0 Å². The predicted octanol–water partition coefficient (Wildman–Crippen LogP) is 1.25. The molecule has 6 heteroatoms. The van der Waals surface area contributed by atoms with E-state index in [0.717, 1.165) is 4.90 Å². The van der Waals surface area contributed by atoms with E-state index in [2.05, 4.69) is 4.74 Å². The van der Waals surface area contributed by atoms with Crippen molar-refractivity contribution in [2.24, 2.45) is 0 Å². The summed E-state index contributed by atoms with van der Waals surface area (Å²) in [4.78, 5) is 11.3. The van der Waals surface area contributed by atoms with Crippen molar-refractivity contribution >= 4 is 6.09 Å². The van der Waals surface area contributed by atoms with Gasteiger partial charge in [-0.1, -0.05) is 0 Å². The van der Waals surface area contributed by atoms with Crippen molar-refractivity contribution in [3.63, 3.8) is 0 Å². The number of halogens is 3. The summed E-state index contributed by atoms with van der Waals surface area (Å²) < 4.78 is 38.0. The van der Waals surface area contributed by atoms with Crippen LogP contribution in [0.1, 0.15) is 0 Å². The number of ether oxygens (including phenoxy) is 1. The molecule has 0 aliphatic carbocycles. The van der Waals surface area contributed by atoms with E-state index >= 15 is 0 Å². The molecule has 0 unspecified atom stereocenters. The number of nitrogens with zero attached hydrogens (tertiary/aromatic N) is 1. The minimum absolute atomic E-state index is 0.922. The number of hydrogen-bond acceptors (Lipinski definition) is 2. The third-order valence-corrected chi connectivity index (χ3v) is 0.724. The van der Waals surface area contributed by atoms with E-state index in [4.69, 9.17) is 0 Å². The molecule has 0 aromatic carbocycles. The lowest BCUT2D eigenvalue weighted by Crippen LogP contribution is -2.27. The average molecular weight is 171 g/mol. The molecule has 0 bridgehead atoms. The molecule has 0 fully saturated rings. The SMILES string of the molecule is CN(C)C(=O)OCC(F)(F)F. The van der Waals surface area contributed by atoms with Crippen LogP contribution in [0.3, 0.4) is 0 Å². The van der Waals surface area contributed by atoms with Gasteiger partial charge in [0.1, 0.15) is 0 Å². The molecule has 11 heavy (non-hydrogen) atoms. The first-order valence-electron chi connectivity index (χ1n) is 2.74. The molecule has 3 nitrogen and oxygen atoms in total. The topological polar surface area (TPSA) is 29.5 Å².